The van der Waals surface area contributed by atoms with Gasteiger partial charge in [0.1, 0.15) is 6.61 Å². The first-order chi connectivity index (χ1) is 12.1. The van der Waals surface area contributed by atoms with Crippen LogP contribution in [0.1, 0.15) is 5.56 Å². The molecule has 0 saturated carbocycles. The van der Waals surface area contributed by atoms with Crippen LogP contribution in [0.2, 0.25) is 0 Å². The van der Waals surface area contributed by atoms with Crippen LogP contribution in [0.3, 0.4) is 0 Å². The average molecular weight is 408 g/mol. The summed E-state index contributed by atoms with van der Waals surface area (Å²) in [6.45, 7) is -0.313. The summed E-state index contributed by atoms with van der Waals surface area (Å²) < 4.78 is 68.9. The molecule has 0 unspecified atom stereocenters. The normalized spacial score (nSPS) is 26.3. The molecule has 2 heterocycles. The number of thioether (sulfide) groups is 1. The Balaban J connectivity index is 2.09. The Labute approximate surface area is 152 Å². The third-order valence-electron chi connectivity index (χ3n) is 4.02. The van der Waals surface area contributed by atoms with Gasteiger partial charge in [0.05, 0.1) is 28.8 Å². The van der Waals surface area contributed by atoms with Crippen LogP contribution in [0, 0.1) is 0 Å². The van der Waals surface area contributed by atoms with E-state index in [1.165, 1.54) is 30.2 Å². The van der Waals surface area contributed by atoms with E-state index in [1.54, 1.807) is 0 Å². The van der Waals surface area contributed by atoms with Gasteiger partial charge in [0, 0.05) is 12.4 Å². The highest BCUT2D eigenvalue weighted by molar-refractivity contribution is 8.16. The van der Waals surface area contributed by atoms with Crippen molar-refractivity contribution in [1.29, 1.82) is 0 Å². The maximum absolute atomic E-state index is 13.4. The summed E-state index contributed by atoms with van der Waals surface area (Å²) in [7, 11) is -2.06. The molecule has 6 nitrogen and oxygen atoms in total. The van der Waals surface area contributed by atoms with Crippen molar-refractivity contribution in [2.45, 2.75) is 17.5 Å². The highest BCUT2D eigenvalue weighted by Crippen LogP contribution is 2.45. The first kappa shape index (κ1) is 19.2. The average Bonchev–Trinajstić information content (AvgIpc) is 2.97. The molecule has 0 radical (unpaired) electrons. The minimum atomic E-state index is -4.63. The molecule has 0 aliphatic carbocycles. The summed E-state index contributed by atoms with van der Waals surface area (Å²) in [5, 5.41) is -0.413. The lowest BCUT2D eigenvalue weighted by atomic mass is 10.1. The van der Waals surface area contributed by atoms with E-state index in [9.17, 15) is 26.4 Å². The van der Waals surface area contributed by atoms with Crippen LogP contribution in [-0.2, 0) is 25.5 Å². The summed E-state index contributed by atoms with van der Waals surface area (Å²) in [6, 6.07) is 4.16. The SMILES string of the molecule is COCC(=O)N=C1S[C@@H]2CS(=O)(=O)C[C@H]2N1c1ccccc1C(F)(F)F. The smallest absolute Gasteiger partial charge is 0.375 e. The summed E-state index contributed by atoms with van der Waals surface area (Å²) in [5.41, 5.74) is -1.11. The zero-order valence-electron chi connectivity index (χ0n) is 13.6. The van der Waals surface area contributed by atoms with Gasteiger partial charge < -0.3 is 9.64 Å². The van der Waals surface area contributed by atoms with Crippen molar-refractivity contribution in [3.8, 4) is 0 Å². The third kappa shape index (κ3) is 3.74. The van der Waals surface area contributed by atoms with Crippen molar-refractivity contribution in [3.05, 3.63) is 29.8 Å². The standard InChI is InChI=1S/C15H15F3N2O4S2/c1-24-6-13(21)19-14-20(11-7-26(22,23)8-12(11)25-14)10-5-3-2-4-9(10)15(16,17)18/h2-5,11-12H,6-8H2,1H3/t11-,12-/m1/s1. The van der Waals surface area contributed by atoms with Gasteiger partial charge in [0.2, 0.25) is 0 Å². The molecule has 3 rings (SSSR count). The number of amides is 1. The number of aliphatic imine (C=N–C) groups is 1. The number of halogens is 3. The van der Waals surface area contributed by atoms with Crippen molar-refractivity contribution in [1.82, 2.24) is 0 Å². The number of fused-ring (bicyclic) bond motifs is 1. The second-order valence-corrected chi connectivity index (χ2v) is 9.27. The van der Waals surface area contributed by atoms with E-state index in [-0.39, 0.29) is 29.0 Å². The molecular formula is C15H15F3N2O4S2. The maximum Gasteiger partial charge on any atom is 0.418 e. The van der Waals surface area contributed by atoms with Crippen LogP contribution < -0.4 is 4.90 Å². The molecule has 0 spiro atoms. The Hall–Kier alpha value is -1.59. The van der Waals surface area contributed by atoms with E-state index in [0.717, 1.165) is 17.8 Å². The van der Waals surface area contributed by atoms with Crippen molar-refractivity contribution in [2.24, 2.45) is 4.99 Å². The Bertz CT molecular complexity index is 855. The Kier molecular flexibility index (Phi) is 5.06. The highest BCUT2D eigenvalue weighted by Gasteiger charge is 2.51. The van der Waals surface area contributed by atoms with Crippen LogP contribution in [0.15, 0.2) is 29.3 Å². The van der Waals surface area contributed by atoms with E-state index >= 15 is 0 Å². The van der Waals surface area contributed by atoms with Gasteiger partial charge >= 0.3 is 6.18 Å². The maximum atomic E-state index is 13.4. The van der Waals surface area contributed by atoms with Gasteiger partial charge in [-0.2, -0.15) is 18.2 Å². The number of amidine groups is 1. The lowest BCUT2D eigenvalue weighted by Gasteiger charge is -2.27. The Morgan fingerprint density at radius 1 is 1.35 bits per heavy atom. The fourth-order valence-electron chi connectivity index (χ4n) is 3.03. The first-order valence-corrected chi connectivity index (χ1v) is 10.3. The number of sulfone groups is 1. The summed E-state index contributed by atoms with van der Waals surface area (Å²) >= 11 is 1.01. The monoisotopic (exact) mass is 408 g/mol. The lowest BCUT2D eigenvalue weighted by molar-refractivity contribution is -0.137. The van der Waals surface area contributed by atoms with Crippen molar-refractivity contribution < 1.29 is 31.1 Å². The quantitative estimate of drug-likeness (QED) is 0.761. The number of para-hydroxylation sites is 1. The molecule has 0 N–H and O–H groups in total. The predicted molar refractivity (Wildman–Crippen MR) is 92.1 cm³/mol. The van der Waals surface area contributed by atoms with Crippen LogP contribution in [-0.4, -0.2) is 56.0 Å². The topological polar surface area (TPSA) is 76.0 Å². The molecule has 2 aliphatic rings. The number of nitrogens with zero attached hydrogens (tertiary/aromatic N) is 2. The fraction of sp³-hybridized carbons (Fsp3) is 0.467. The minimum Gasteiger partial charge on any atom is -0.375 e. The minimum absolute atomic E-state index is 0.0636. The van der Waals surface area contributed by atoms with Crippen LogP contribution >= 0.6 is 11.8 Å². The molecule has 2 saturated heterocycles. The number of hydrogen-bond acceptors (Lipinski definition) is 5. The number of rotatable bonds is 3. The summed E-state index contributed by atoms with van der Waals surface area (Å²) in [5.74, 6) is -1.09. The molecule has 1 aromatic carbocycles. The van der Waals surface area contributed by atoms with E-state index < -0.39 is 38.8 Å². The van der Waals surface area contributed by atoms with Gasteiger partial charge in [-0.3, -0.25) is 4.79 Å². The summed E-state index contributed by atoms with van der Waals surface area (Å²) in [4.78, 5) is 16.9. The molecule has 1 aromatic rings. The number of ether oxygens (including phenoxy) is 1. The molecule has 2 fully saturated rings. The molecule has 0 bridgehead atoms. The van der Waals surface area contributed by atoms with Crippen molar-refractivity contribution >= 4 is 38.4 Å². The second-order valence-electron chi connectivity index (χ2n) is 5.91. The van der Waals surface area contributed by atoms with Gasteiger partial charge in [-0.05, 0) is 12.1 Å². The van der Waals surface area contributed by atoms with E-state index in [1.807, 2.05) is 0 Å². The third-order valence-corrected chi connectivity index (χ3v) is 7.23. The molecule has 26 heavy (non-hydrogen) atoms. The van der Waals surface area contributed by atoms with Gasteiger partial charge in [-0.15, -0.1) is 0 Å². The zero-order chi connectivity index (χ0) is 19.1. The van der Waals surface area contributed by atoms with Gasteiger partial charge in [0.15, 0.2) is 15.0 Å². The van der Waals surface area contributed by atoms with E-state index in [2.05, 4.69) is 4.99 Å². The Morgan fingerprint density at radius 2 is 2.04 bits per heavy atom. The summed E-state index contributed by atoms with van der Waals surface area (Å²) in [6.07, 6.45) is -4.63. The first-order valence-electron chi connectivity index (χ1n) is 7.55. The van der Waals surface area contributed by atoms with E-state index in [4.69, 9.17) is 4.74 Å². The van der Waals surface area contributed by atoms with E-state index in [0.29, 0.717) is 0 Å². The van der Waals surface area contributed by atoms with Crippen molar-refractivity contribution in [2.75, 3.05) is 30.1 Å². The molecule has 142 valence electrons. The van der Waals surface area contributed by atoms with Gasteiger partial charge in [-0.25, -0.2) is 8.42 Å². The van der Waals surface area contributed by atoms with Gasteiger partial charge in [-0.1, -0.05) is 23.9 Å². The van der Waals surface area contributed by atoms with Crippen LogP contribution in [0.4, 0.5) is 18.9 Å². The molecule has 1 amide bonds. The fourth-order valence-corrected chi connectivity index (χ4v) is 6.96. The number of carbonyl (C=O) groups is 1. The molecule has 2 atom stereocenters. The molecule has 0 aromatic heterocycles. The predicted octanol–water partition coefficient (Wildman–Crippen LogP) is 1.95. The molecule has 11 heteroatoms. The number of benzene rings is 1. The zero-order valence-corrected chi connectivity index (χ0v) is 15.2. The molecular weight excluding hydrogens is 393 g/mol. The molecule has 2 aliphatic heterocycles. The number of carbonyl (C=O) groups excluding carboxylic acids is 1. The number of methoxy groups -OCH3 is 1. The van der Waals surface area contributed by atoms with Gasteiger partial charge in [0.25, 0.3) is 5.91 Å². The number of hydrogen-bond donors (Lipinski definition) is 0. The number of anilines is 1. The Morgan fingerprint density at radius 3 is 2.69 bits per heavy atom. The largest absolute Gasteiger partial charge is 0.418 e. The highest BCUT2D eigenvalue weighted by atomic mass is 32.2. The van der Waals surface area contributed by atoms with Crippen molar-refractivity contribution in [3.63, 3.8) is 0 Å². The lowest BCUT2D eigenvalue weighted by Crippen LogP contribution is -2.39. The van der Waals surface area contributed by atoms with Crippen LogP contribution in [0.25, 0.3) is 0 Å². The number of alkyl halides is 3. The second kappa shape index (κ2) is 6.86. The van der Waals surface area contributed by atoms with Crippen LogP contribution in [0.5, 0.6) is 0 Å².